The fourth-order valence-corrected chi connectivity index (χ4v) is 5.37. The number of thiophene rings is 1. The molecule has 146 valence electrons. The van der Waals surface area contributed by atoms with Gasteiger partial charge in [0, 0.05) is 37.3 Å². The second-order valence-electron chi connectivity index (χ2n) is 7.68. The fourth-order valence-electron chi connectivity index (χ4n) is 3.57. The van der Waals surface area contributed by atoms with Crippen LogP contribution in [-0.2, 0) is 29.7 Å². The molecule has 27 heavy (non-hydrogen) atoms. The van der Waals surface area contributed by atoms with Gasteiger partial charge >= 0.3 is 0 Å². The van der Waals surface area contributed by atoms with E-state index in [-0.39, 0.29) is 6.04 Å². The first-order chi connectivity index (χ1) is 12.9. The first-order valence-corrected chi connectivity index (χ1v) is 12.2. The Balaban J connectivity index is 1.55. The summed E-state index contributed by atoms with van der Waals surface area (Å²) in [4.78, 5) is 2.42. The van der Waals surface area contributed by atoms with Crippen LogP contribution in [-0.4, -0.2) is 42.6 Å². The number of hydrogen-bond acceptors (Lipinski definition) is 5. The smallest absolute Gasteiger partial charge is 0.211 e. The maximum Gasteiger partial charge on any atom is 0.211 e. The zero-order valence-electron chi connectivity index (χ0n) is 15.8. The van der Waals surface area contributed by atoms with E-state index in [0.29, 0.717) is 19.2 Å². The van der Waals surface area contributed by atoms with Crippen LogP contribution in [0, 0.1) is 0 Å². The Labute approximate surface area is 165 Å². The largest absolute Gasteiger partial charge is 0.492 e. The minimum absolute atomic E-state index is 0.171. The van der Waals surface area contributed by atoms with Crippen LogP contribution in [0.1, 0.15) is 36.5 Å². The van der Waals surface area contributed by atoms with Gasteiger partial charge < -0.3 is 4.74 Å². The molecule has 0 bridgehead atoms. The van der Waals surface area contributed by atoms with Gasteiger partial charge in [0.15, 0.2) is 0 Å². The number of rotatable bonds is 6. The third-order valence-corrected chi connectivity index (χ3v) is 7.30. The second kappa shape index (κ2) is 7.54. The van der Waals surface area contributed by atoms with E-state index in [9.17, 15) is 8.42 Å². The molecule has 2 heterocycles. The van der Waals surface area contributed by atoms with Gasteiger partial charge in [-0.25, -0.2) is 8.42 Å². The van der Waals surface area contributed by atoms with E-state index >= 15 is 0 Å². The van der Waals surface area contributed by atoms with Gasteiger partial charge in [-0.15, -0.1) is 0 Å². The standard InChI is InChI=1S/C20H26N2O3S2/c1-15-13-25-20-6-3-16(11-22(19-4-5-19)27(2,23)24)9-18(20)12-21(15)10-17-7-8-26-14-17/h3,6-9,14-15,19H,4-5,10-13H2,1-2H3/t15-/m0/s1. The molecule has 1 aliphatic heterocycles. The van der Waals surface area contributed by atoms with Gasteiger partial charge in [0.05, 0.1) is 6.26 Å². The lowest BCUT2D eigenvalue weighted by atomic mass is 10.1. The highest BCUT2D eigenvalue weighted by Gasteiger charge is 2.35. The van der Waals surface area contributed by atoms with E-state index in [1.165, 1.54) is 11.8 Å². The molecule has 1 aromatic heterocycles. The van der Waals surface area contributed by atoms with Gasteiger partial charge in [-0.05, 0) is 59.9 Å². The van der Waals surface area contributed by atoms with Crippen molar-refractivity contribution in [2.24, 2.45) is 0 Å². The molecular formula is C20H26N2O3S2. The van der Waals surface area contributed by atoms with E-state index in [0.717, 1.165) is 42.8 Å². The monoisotopic (exact) mass is 406 g/mol. The molecule has 2 aliphatic rings. The van der Waals surface area contributed by atoms with Crippen LogP contribution in [0.3, 0.4) is 0 Å². The summed E-state index contributed by atoms with van der Waals surface area (Å²) in [5, 5.41) is 4.30. The number of ether oxygens (including phenoxy) is 1. The van der Waals surface area contributed by atoms with Gasteiger partial charge in [0.1, 0.15) is 12.4 Å². The minimum atomic E-state index is -3.19. The molecule has 1 aliphatic carbocycles. The van der Waals surface area contributed by atoms with Gasteiger partial charge in [-0.1, -0.05) is 6.07 Å². The van der Waals surface area contributed by atoms with Crippen molar-refractivity contribution in [3.63, 3.8) is 0 Å². The van der Waals surface area contributed by atoms with Crippen molar-refractivity contribution in [3.05, 3.63) is 51.7 Å². The van der Waals surface area contributed by atoms with Gasteiger partial charge in [0.25, 0.3) is 0 Å². The Morgan fingerprint density at radius 1 is 1.26 bits per heavy atom. The lowest BCUT2D eigenvalue weighted by Crippen LogP contribution is -2.34. The summed E-state index contributed by atoms with van der Waals surface area (Å²) < 4.78 is 31.9. The number of hydrogen-bond donors (Lipinski definition) is 0. The van der Waals surface area contributed by atoms with E-state index in [4.69, 9.17) is 4.74 Å². The van der Waals surface area contributed by atoms with Crippen LogP contribution in [0.5, 0.6) is 5.75 Å². The Bertz CT molecular complexity index is 892. The number of benzene rings is 1. The molecule has 7 heteroatoms. The molecule has 0 unspecified atom stereocenters. The summed E-state index contributed by atoms with van der Waals surface area (Å²) in [6, 6.07) is 8.77. The molecule has 1 aromatic carbocycles. The second-order valence-corrected chi connectivity index (χ2v) is 10.4. The molecule has 5 nitrogen and oxygen atoms in total. The SMILES string of the molecule is C[C@H]1COc2ccc(CN(C3CC3)S(C)(=O)=O)cc2CN1Cc1ccsc1. The highest BCUT2D eigenvalue weighted by molar-refractivity contribution is 7.88. The Kier molecular flexibility index (Phi) is 5.29. The predicted octanol–water partition coefficient (Wildman–Crippen LogP) is 3.46. The molecule has 1 saturated carbocycles. The van der Waals surface area contributed by atoms with Crippen molar-refractivity contribution in [1.82, 2.24) is 9.21 Å². The molecule has 0 spiro atoms. The van der Waals surface area contributed by atoms with Crippen molar-refractivity contribution < 1.29 is 13.2 Å². The summed E-state index contributed by atoms with van der Waals surface area (Å²) in [6.07, 6.45) is 3.24. The summed E-state index contributed by atoms with van der Waals surface area (Å²) >= 11 is 1.72. The van der Waals surface area contributed by atoms with E-state index in [2.05, 4.69) is 34.7 Å². The van der Waals surface area contributed by atoms with Crippen molar-refractivity contribution in [1.29, 1.82) is 0 Å². The van der Waals surface area contributed by atoms with Crippen molar-refractivity contribution in [2.75, 3.05) is 12.9 Å². The van der Waals surface area contributed by atoms with Crippen LogP contribution in [0.15, 0.2) is 35.0 Å². The van der Waals surface area contributed by atoms with Crippen LogP contribution >= 0.6 is 11.3 Å². The van der Waals surface area contributed by atoms with Crippen LogP contribution in [0.25, 0.3) is 0 Å². The maximum absolute atomic E-state index is 12.1. The normalized spacial score (nSPS) is 20.9. The predicted molar refractivity (Wildman–Crippen MR) is 108 cm³/mol. The fraction of sp³-hybridized carbons (Fsp3) is 0.500. The summed E-state index contributed by atoms with van der Waals surface area (Å²) in [5.74, 6) is 0.913. The quantitative estimate of drug-likeness (QED) is 0.737. The van der Waals surface area contributed by atoms with Crippen LogP contribution < -0.4 is 4.74 Å². The Morgan fingerprint density at radius 3 is 2.74 bits per heavy atom. The highest BCUT2D eigenvalue weighted by Crippen LogP contribution is 2.32. The Morgan fingerprint density at radius 2 is 2.07 bits per heavy atom. The van der Waals surface area contributed by atoms with E-state index in [1.54, 1.807) is 15.6 Å². The molecule has 0 radical (unpaired) electrons. The highest BCUT2D eigenvalue weighted by atomic mass is 32.2. The lowest BCUT2D eigenvalue weighted by molar-refractivity contribution is 0.151. The third kappa shape index (κ3) is 4.54. The van der Waals surface area contributed by atoms with E-state index in [1.807, 2.05) is 12.1 Å². The summed E-state index contributed by atoms with van der Waals surface area (Å²) in [7, 11) is -3.19. The molecule has 0 N–H and O–H groups in total. The zero-order chi connectivity index (χ0) is 19.0. The molecule has 2 aromatic rings. The summed E-state index contributed by atoms with van der Waals surface area (Å²) in [6.45, 7) is 5.00. The molecule has 1 fully saturated rings. The number of sulfonamides is 1. The van der Waals surface area contributed by atoms with E-state index < -0.39 is 10.0 Å². The first-order valence-electron chi connectivity index (χ1n) is 9.36. The molecule has 0 saturated heterocycles. The first kappa shape index (κ1) is 18.9. The average molecular weight is 407 g/mol. The van der Waals surface area contributed by atoms with Crippen molar-refractivity contribution in [3.8, 4) is 5.75 Å². The minimum Gasteiger partial charge on any atom is -0.492 e. The lowest BCUT2D eigenvalue weighted by Gasteiger charge is -2.25. The molecule has 4 rings (SSSR count). The summed E-state index contributed by atoms with van der Waals surface area (Å²) in [5.41, 5.74) is 3.49. The number of nitrogens with zero attached hydrogens (tertiary/aromatic N) is 2. The Hall–Kier alpha value is -1.41. The number of fused-ring (bicyclic) bond motifs is 1. The van der Waals surface area contributed by atoms with Crippen LogP contribution in [0.2, 0.25) is 0 Å². The van der Waals surface area contributed by atoms with Gasteiger partial charge in [0.2, 0.25) is 10.0 Å². The van der Waals surface area contributed by atoms with Crippen molar-refractivity contribution >= 4 is 21.4 Å². The molecule has 0 amide bonds. The average Bonchev–Trinajstić information content (AvgIpc) is 3.34. The zero-order valence-corrected chi connectivity index (χ0v) is 17.4. The van der Waals surface area contributed by atoms with Gasteiger partial charge in [-0.3, -0.25) is 4.90 Å². The topological polar surface area (TPSA) is 49.9 Å². The molecule has 1 atom stereocenters. The maximum atomic E-state index is 12.1. The third-order valence-electron chi connectivity index (χ3n) is 5.29. The molecular weight excluding hydrogens is 380 g/mol. The van der Waals surface area contributed by atoms with Crippen molar-refractivity contribution in [2.45, 2.75) is 51.5 Å². The van der Waals surface area contributed by atoms with Crippen LogP contribution in [0.4, 0.5) is 0 Å². The van der Waals surface area contributed by atoms with Gasteiger partial charge in [-0.2, -0.15) is 15.6 Å².